The van der Waals surface area contributed by atoms with Crippen LogP contribution in [0.1, 0.15) is 12.8 Å². The van der Waals surface area contributed by atoms with Crippen molar-refractivity contribution in [1.29, 1.82) is 0 Å². The van der Waals surface area contributed by atoms with Crippen LogP contribution >= 0.6 is 0 Å². The van der Waals surface area contributed by atoms with Gasteiger partial charge in [0.1, 0.15) is 0 Å². The van der Waals surface area contributed by atoms with Gasteiger partial charge in [-0.15, -0.1) is 0 Å². The Morgan fingerprint density at radius 1 is 1.44 bits per heavy atom. The zero-order valence-electron chi connectivity index (χ0n) is 8.74. The second kappa shape index (κ2) is 5.11. The lowest BCUT2D eigenvalue weighted by atomic mass is 9.87. The maximum Gasteiger partial charge on any atom is 0.306 e. The van der Waals surface area contributed by atoms with Crippen LogP contribution < -0.4 is 0 Å². The van der Waals surface area contributed by atoms with E-state index in [2.05, 4.69) is 0 Å². The first kappa shape index (κ1) is 13.4. The van der Waals surface area contributed by atoms with Crippen LogP contribution in [0.5, 0.6) is 0 Å². The first-order valence-corrected chi connectivity index (χ1v) is 6.90. The summed E-state index contributed by atoms with van der Waals surface area (Å²) in [6.45, 7) is -0.511. The van der Waals surface area contributed by atoms with Gasteiger partial charge in [0.25, 0.3) is 0 Å². The van der Waals surface area contributed by atoms with E-state index in [4.69, 9.17) is 10.2 Å². The highest BCUT2D eigenvalue weighted by Gasteiger charge is 2.38. The lowest BCUT2D eigenvalue weighted by Gasteiger charge is -2.20. The molecule has 0 aromatic heterocycles. The topological polar surface area (TPSA) is 112 Å². The molecule has 6 nitrogen and oxygen atoms in total. The average Bonchev–Trinajstić information content (AvgIpc) is 2.54. The Labute approximate surface area is 93.8 Å². The molecule has 0 bridgehead atoms. The Kier molecular flexibility index (Phi) is 4.28. The minimum Gasteiger partial charge on any atom is -0.481 e. The first-order chi connectivity index (χ1) is 7.35. The van der Waals surface area contributed by atoms with Crippen LogP contribution in [0.15, 0.2) is 0 Å². The number of hydrogen-bond acceptors (Lipinski definition) is 5. The van der Waals surface area contributed by atoms with Crippen LogP contribution in [0.2, 0.25) is 0 Å². The molecule has 3 unspecified atom stereocenters. The summed E-state index contributed by atoms with van der Waals surface area (Å²) in [4.78, 5) is 11.0. The normalized spacial score (nSPS) is 27.5. The van der Waals surface area contributed by atoms with E-state index >= 15 is 0 Å². The van der Waals surface area contributed by atoms with E-state index in [0.29, 0.717) is 6.42 Å². The molecule has 0 spiro atoms. The van der Waals surface area contributed by atoms with Crippen LogP contribution in [0.25, 0.3) is 0 Å². The molecule has 94 valence electrons. The van der Waals surface area contributed by atoms with Gasteiger partial charge in [-0.05, 0) is 18.8 Å². The monoisotopic (exact) mass is 252 g/mol. The molecule has 1 fully saturated rings. The van der Waals surface area contributed by atoms with Crippen LogP contribution in [-0.2, 0) is 14.6 Å². The molecule has 0 radical (unpaired) electrons. The van der Waals surface area contributed by atoms with E-state index in [9.17, 15) is 18.3 Å². The van der Waals surface area contributed by atoms with E-state index in [0.717, 1.165) is 0 Å². The van der Waals surface area contributed by atoms with Crippen molar-refractivity contribution in [2.75, 3.05) is 18.1 Å². The highest BCUT2D eigenvalue weighted by molar-refractivity contribution is 7.91. The van der Waals surface area contributed by atoms with Gasteiger partial charge in [0.15, 0.2) is 9.84 Å². The molecule has 1 heterocycles. The number of aliphatic hydroxyl groups is 2. The molecule has 0 aromatic rings. The lowest BCUT2D eigenvalue weighted by molar-refractivity contribution is -0.144. The summed E-state index contributed by atoms with van der Waals surface area (Å²) in [5, 5.41) is 26.8. The van der Waals surface area contributed by atoms with Crippen molar-refractivity contribution < 1.29 is 28.5 Å². The summed E-state index contributed by atoms with van der Waals surface area (Å²) in [5.41, 5.74) is 0. The highest BCUT2D eigenvalue weighted by atomic mass is 32.2. The number of aliphatic carboxylic acids is 1. The second-order valence-corrected chi connectivity index (χ2v) is 6.41. The number of carbonyl (C=O) groups is 1. The van der Waals surface area contributed by atoms with Gasteiger partial charge < -0.3 is 15.3 Å². The third-order valence-electron chi connectivity index (χ3n) is 2.89. The zero-order chi connectivity index (χ0) is 12.3. The molecule has 0 amide bonds. The third-order valence-corrected chi connectivity index (χ3v) is 4.68. The van der Waals surface area contributed by atoms with Gasteiger partial charge in [-0.2, -0.15) is 0 Å². The zero-order valence-corrected chi connectivity index (χ0v) is 9.56. The Bertz CT molecular complexity index is 349. The molecular weight excluding hydrogens is 236 g/mol. The van der Waals surface area contributed by atoms with Crippen molar-refractivity contribution in [2.24, 2.45) is 11.8 Å². The Morgan fingerprint density at radius 3 is 2.44 bits per heavy atom. The fraction of sp³-hybridized carbons (Fsp3) is 0.889. The van der Waals surface area contributed by atoms with E-state index in [1.54, 1.807) is 0 Å². The maximum absolute atomic E-state index is 11.2. The lowest BCUT2D eigenvalue weighted by Crippen LogP contribution is -2.30. The summed E-state index contributed by atoms with van der Waals surface area (Å²) >= 11 is 0. The predicted molar refractivity (Wildman–Crippen MR) is 55.6 cm³/mol. The first-order valence-electron chi connectivity index (χ1n) is 5.08. The SMILES string of the molecule is O=C(O)C(CC(O)CO)C1CCS(=O)(=O)C1. The molecule has 3 atom stereocenters. The van der Waals surface area contributed by atoms with Gasteiger partial charge in [0.05, 0.1) is 30.1 Å². The molecule has 0 aromatic carbocycles. The van der Waals surface area contributed by atoms with Crippen molar-refractivity contribution in [3.05, 3.63) is 0 Å². The number of hydrogen-bond donors (Lipinski definition) is 3. The quantitative estimate of drug-likeness (QED) is 0.570. The smallest absolute Gasteiger partial charge is 0.306 e. The number of sulfone groups is 1. The highest BCUT2D eigenvalue weighted by Crippen LogP contribution is 2.29. The molecule has 1 saturated heterocycles. The summed E-state index contributed by atoms with van der Waals surface area (Å²) in [7, 11) is -3.12. The fourth-order valence-corrected chi connectivity index (χ4v) is 3.88. The largest absolute Gasteiger partial charge is 0.481 e. The van der Waals surface area contributed by atoms with E-state index in [1.165, 1.54) is 0 Å². The summed E-state index contributed by atoms with van der Waals surface area (Å²) in [5.74, 6) is -2.60. The fourth-order valence-electron chi connectivity index (χ4n) is 2.00. The van der Waals surface area contributed by atoms with E-state index in [1.807, 2.05) is 0 Å². The Morgan fingerprint density at radius 2 is 2.06 bits per heavy atom. The predicted octanol–water partition coefficient (Wildman–Crippen LogP) is -1.13. The molecule has 3 N–H and O–H groups in total. The van der Waals surface area contributed by atoms with E-state index < -0.39 is 40.4 Å². The standard InChI is InChI=1S/C9H16O6S/c10-4-7(11)3-8(9(12)13)6-1-2-16(14,15)5-6/h6-8,10-11H,1-5H2,(H,12,13). The number of carboxylic acid groups (broad SMARTS) is 1. The molecular formula is C9H16O6S. The number of aliphatic hydroxyl groups excluding tert-OH is 2. The summed E-state index contributed by atoms with van der Waals surface area (Å²) in [6.07, 6.45) is -0.895. The molecule has 0 saturated carbocycles. The van der Waals surface area contributed by atoms with Gasteiger partial charge in [-0.3, -0.25) is 4.79 Å². The summed E-state index contributed by atoms with van der Waals surface area (Å²) < 4.78 is 22.4. The van der Waals surface area contributed by atoms with Gasteiger partial charge in [0.2, 0.25) is 0 Å². The van der Waals surface area contributed by atoms with Crippen LogP contribution in [0.3, 0.4) is 0 Å². The van der Waals surface area contributed by atoms with Crippen molar-refractivity contribution in [2.45, 2.75) is 18.9 Å². The third kappa shape index (κ3) is 3.43. The molecule has 0 aliphatic carbocycles. The van der Waals surface area contributed by atoms with Gasteiger partial charge in [-0.25, -0.2) is 8.42 Å². The minimum atomic E-state index is -3.12. The minimum absolute atomic E-state index is 0.0106. The van der Waals surface area contributed by atoms with E-state index in [-0.39, 0.29) is 17.9 Å². The van der Waals surface area contributed by atoms with Crippen LogP contribution in [0.4, 0.5) is 0 Å². The van der Waals surface area contributed by atoms with Gasteiger partial charge >= 0.3 is 5.97 Å². The molecule has 1 aliphatic heterocycles. The Hall–Kier alpha value is -0.660. The van der Waals surface area contributed by atoms with Crippen molar-refractivity contribution in [3.63, 3.8) is 0 Å². The molecule has 7 heteroatoms. The molecule has 1 aliphatic rings. The second-order valence-electron chi connectivity index (χ2n) is 4.18. The Balaban J connectivity index is 2.68. The van der Waals surface area contributed by atoms with Gasteiger partial charge in [-0.1, -0.05) is 0 Å². The molecule has 16 heavy (non-hydrogen) atoms. The average molecular weight is 252 g/mol. The number of rotatable bonds is 5. The summed E-state index contributed by atoms with van der Waals surface area (Å²) in [6, 6.07) is 0. The van der Waals surface area contributed by atoms with Crippen molar-refractivity contribution in [3.8, 4) is 0 Å². The maximum atomic E-state index is 11.2. The van der Waals surface area contributed by atoms with Crippen molar-refractivity contribution in [1.82, 2.24) is 0 Å². The molecule has 1 rings (SSSR count). The van der Waals surface area contributed by atoms with Gasteiger partial charge in [0, 0.05) is 0 Å². The van der Waals surface area contributed by atoms with Crippen LogP contribution in [-0.4, -0.2) is 53.9 Å². The number of carboxylic acids is 1. The van der Waals surface area contributed by atoms with Crippen molar-refractivity contribution >= 4 is 15.8 Å². The van der Waals surface area contributed by atoms with Crippen LogP contribution in [0, 0.1) is 11.8 Å².